The maximum absolute atomic E-state index is 5.99. The quantitative estimate of drug-likeness (QED) is 0.567. The minimum absolute atomic E-state index is 0.00938. The maximum Gasteiger partial charge on any atom is 0.231 e. The predicted octanol–water partition coefficient (Wildman–Crippen LogP) is 5.35. The van der Waals surface area contributed by atoms with Gasteiger partial charge in [-0.2, -0.15) is 0 Å². The molecule has 2 aliphatic rings. The third-order valence-electron chi connectivity index (χ3n) is 6.44. The van der Waals surface area contributed by atoms with Crippen LogP contribution in [0.3, 0.4) is 0 Å². The molecule has 30 heavy (non-hydrogen) atoms. The van der Waals surface area contributed by atoms with Crippen LogP contribution in [0.4, 0.5) is 0 Å². The average Bonchev–Trinajstić information content (AvgIpc) is 3.20. The molecule has 0 saturated carbocycles. The van der Waals surface area contributed by atoms with Gasteiger partial charge >= 0.3 is 0 Å². The molecule has 0 unspecified atom stereocenters. The highest BCUT2D eigenvalue weighted by Gasteiger charge is 2.33. The van der Waals surface area contributed by atoms with E-state index >= 15 is 0 Å². The average molecular weight is 410 g/mol. The van der Waals surface area contributed by atoms with E-state index in [0.717, 1.165) is 43.5 Å². The van der Waals surface area contributed by atoms with Gasteiger partial charge in [-0.1, -0.05) is 36.4 Å². The van der Waals surface area contributed by atoms with Crippen LogP contribution < -0.4 is 14.8 Å². The van der Waals surface area contributed by atoms with Gasteiger partial charge in [-0.15, -0.1) is 0 Å². The molecule has 4 heteroatoms. The maximum atomic E-state index is 5.99. The standard InChI is InChI=1S/C26H35NO3/c1-26(2)17-23(12-14-30-26)22(15-20-7-4-3-5-8-20)9-6-13-27-18-21-10-11-24-25(16-21)29-19-28-24/h3-5,7-8,10-11,16,22-23,27H,6,9,12-15,17-19H2,1-2H3/t22-,23-/m0/s1. The normalized spacial score (nSPS) is 20.8. The molecule has 0 spiro atoms. The monoisotopic (exact) mass is 409 g/mol. The van der Waals surface area contributed by atoms with Crippen molar-refractivity contribution in [3.8, 4) is 11.5 Å². The molecule has 2 atom stereocenters. The van der Waals surface area contributed by atoms with Crippen LogP contribution in [0.15, 0.2) is 48.5 Å². The molecule has 2 heterocycles. The highest BCUT2D eigenvalue weighted by Crippen LogP contribution is 2.37. The van der Waals surface area contributed by atoms with E-state index in [1.165, 1.54) is 36.8 Å². The molecule has 1 saturated heterocycles. The number of benzene rings is 2. The molecule has 2 aromatic carbocycles. The van der Waals surface area contributed by atoms with E-state index in [4.69, 9.17) is 14.2 Å². The van der Waals surface area contributed by atoms with Gasteiger partial charge in [0.25, 0.3) is 0 Å². The fraction of sp³-hybridized carbons (Fsp3) is 0.538. The summed E-state index contributed by atoms with van der Waals surface area (Å²) in [5, 5.41) is 3.61. The van der Waals surface area contributed by atoms with Gasteiger partial charge in [0, 0.05) is 13.2 Å². The van der Waals surface area contributed by atoms with Gasteiger partial charge in [0.15, 0.2) is 11.5 Å². The van der Waals surface area contributed by atoms with Gasteiger partial charge in [0.05, 0.1) is 5.60 Å². The zero-order valence-electron chi connectivity index (χ0n) is 18.4. The van der Waals surface area contributed by atoms with Crippen LogP contribution in [-0.2, 0) is 17.7 Å². The lowest BCUT2D eigenvalue weighted by molar-refractivity contribution is -0.0832. The molecule has 1 N–H and O–H groups in total. The number of fused-ring (bicyclic) bond motifs is 1. The van der Waals surface area contributed by atoms with E-state index in [1.807, 2.05) is 6.07 Å². The predicted molar refractivity (Wildman–Crippen MR) is 120 cm³/mol. The molecular formula is C26H35NO3. The zero-order chi connectivity index (χ0) is 20.8. The molecular weight excluding hydrogens is 374 g/mol. The molecule has 0 bridgehead atoms. The summed E-state index contributed by atoms with van der Waals surface area (Å²) in [6, 6.07) is 17.2. The molecule has 1 fully saturated rings. The molecule has 162 valence electrons. The van der Waals surface area contributed by atoms with Gasteiger partial charge in [-0.05, 0) is 87.6 Å². The Morgan fingerprint density at radius 3 is 2.70 bits per heavy atom. The Balaban J connectivity index is 1.28. The van der Waals surface area contributed by atoms with E-state index in [1.54, 1.807) is 0 Å². The van der Waals surface area contributed by atoms with Gasteiger partial charge in [0.1, 0.15) is 0 Å². The van der Waals surface area contributed by atoms with Crippen LogP contribution >= 0.6 is 0 Å². The van der Waals surface area contributed by atoms with Crippen molar-refractivity contribution in [3.63, 3.8) is 0 Å². The topological polar surface area (TPSA) is 39.7 Å². The largest absolute Gasteiger partial charge is 0.454 e. The molecule has 0 aliphatic carbocycles. The van der Waals surface area contributed by atoms with E-state index in [-0.39, 0.29) is 5.60 Å². The zero-order valence-corrected chi connectivity index (χ0v) is 18.4. The summed E-state index contributed by atoms with van der Waals surface area (Å²) in [6.07, 6.45) is 5.97. The summed E-state index contributed by atoms with van der Waals surface area (Å²) in [7, 11) is 0. The molecule has 4 nitrogen and oxygen atoms in total. The van der Waals surface area contributed by atoms with Crippen LogP contribution in [0.1, 0.15) is 50.7 Å². The molecule has 2 aromatic rings. The second-order valence-corrected chi connectivity index (χ2v) is 9.32. The third kappa shape index (κ3) is 5.77. The second kappa shape index (κ2) is 9.84. The molecule has 4 rings (SSSR count). The lowest BCUT2D eigenvalue weighted by Gasteiger charge is -2.39. The first-order valence-electron chi connectivity index (χ1n) is 11.4. The van der Waals surface area contributed by atoms with Crippen LogP contribution in [0.25, 0.3) is 0 Å². The first-order chi connectivity index (χ1) is 14.6. The summed E-state index contributed by atoms with van der Waals surface area (Å²) in [4.78, 5) is 0. The number of rotatable bonds is 9. The van der Waals surface area contributed by atoms with Crippen molar-refractivity contribution < 1.29 is 14.2 Å². The Labute approximate surface area is 180 Å². The summed E-state index contributed by atoms with van der Waals surface area (Å²) in [5.41, 5.74) is 2.71. The highest BCUT2D eigenvalue weighted by atomic mass is 16.7. The fourth-order valence-corrected chi connectivity index (χ4v) is 4.88. The minimum Gasteiger partial charge on any atom is -0.454 e. The minimum atomic E-state index is 0.00938. The highest BCUT2D eigenvalue weighted by molar-refractivity contribution is 5.44. The molecule has 0 radical (unpaired) electrons. The van der Waals surface area contributed by atoms with Crippen molar-refractivity contribution >= 4 is 0 Å². The second-order valence-electron chi connectivity index (χ2n) is 9.32. The van der Waals surface area contributed by atoms with Crippen LogP contribution in [0, 0.1) is 11.8 Å². The number of ether oxygens (including phenoxy) is 3. The SMILES string of the molecule is CC1(C)C[C@@H]([C@@H](CCCNCc2ccc3c(c2)OCO3)Cc2ccccc2)CCO1. The van der Waals surface area contributed by atoms with Crippen molar-refractivity contribution in [2.24, 2.45) is 11.8 Å². The van der Waals surface area contributed by atoms with Crippen molar-refractivity contribution in [2.75, 3.05) is 19.9 Å². The van der Waals surface area contributed by atoms with Gasteiger partial charge in [-0.3, -0.25) is 0 Å². The van der Waals surface area contributed by atoms with E-state index in [9.17, 15) is 0 Å². The van der Waals surface area contributed by atoms with E-state index in [0.29, 0.717) is 12.7 Å². The molecule has 0 amide bonds. The van der Waals surface area contributed by atoms with Crippen molar-refractivity contribution in [2.45, 2.75) is 58.1 Å². The number of hydrogen-bond donors (Lipinski definition) is 1. The molecule has 2 aliphatic heterocycles. The summed E-state index contributed by atoms with van der Waals surface area (Å²) >= 11 is 0. The fourth-order valence-electron chi connectivity index (χ4n) is 4.88. The first kappa shape index (κ1) is 21.2. The van der Waals surface area contributed by atoms with Gasteiger partial charge in [0.2, 0.25) is 6.79 Å². The van der Waals surface area contributed by atoms with Crippen LogP contribution in [-0.4, -0.2) is 25.5 Å². The van der Waals surface area contributed by atoms with E-state index < -0.39 is 0 Å². The third-order valence-corrected chi connectivity index (χ3v) is 6.44. The van der Waals surface area contributed by atoms with Gasteiger partial charge in [-0.25, -0.2) is 0 Å². The Bertz CT molecular complexity index is 805. The van der Waals surface area contributed by atoms with Crippen LogP contribution in [0.2, 0.25) is 0 Å². The first-order valence-corrected chi connectivity index (χ1v) is 11.4. The van der Waals surface area contributed by atoms with Crippen molar-refractivity contribution in [1.29, 1.82) is 0 Å². The Morgan fingerprint density at radius 1 is 1.03 bits per heavy atom. The number of nitrogens with one attached hydrogen (secondary N) is 1. The Hall–Kier alpha value is -2.04. The smallest absolute Gasteiger partial charge is 0.231 e. The van der Waals surface area contributed by atoms with E-state index in [2.05, 4.69) is 61.6 Å². The van der Waals surface area contributed by atoms with Gasteiger partial charge < -0.3 is 19.5 Å². The lowest BCUT2D eigenvalue weighted by atomic mass is 9.75. The molecule has 0 aromatic heterocycles. The summed E-state index contributed by atoms with van der Waals surface area (Å²) < 4.78 is 16.9. The Morgan fingerprint density at radius 2 is 1.87 bits per heavy atom. The summed E-state index contributed by atoms with van der Waals surface area (Å²) in [6.45, 7) is 7.61. The number of hydrogen-bond acceptors (Lipinski definition) is 4. The Kier molecular flexibility index (Phi) is 6.96. The lowest BCUT2D eigenvalue weighted by Crippen LogP contribution is -2.37. The van der Waals surface area contributed by atoms with Crippen molar-refractivity contribution in [3.05, 3.63) is 59.7 Å². The van der Waals surface area contributed by atoms with Crippen molar-refractivity contribution in [1.82, 2.24) is 5.32 Å². The summed E-state index contributed by atoms with van der Waals surface area (Å²) in [5.74, 6) is 3.16. The van der Waals surface area contributed by atoms with Crippen LogP contribution in [0.5, 0.6) is 11.5 Å².